The molecule has 0 spiro atoms. The molecule has 80 valence electrons. The van der Waals surface area contributed by atoms with E-state index in [9.17, 15) is 4.57 Å². The summed E-state index contributed by atoms with van der Waals surface area (Å²) < 4.78 is 11.1. The van der Waals surface area contributed by atoms with Gasteiger partial charge in [0.05, 0.1) is 8.13 Å². The van der Waals surface area contributed by atoms with Gasteiger partial charge < -0.3 is 4.57 Å². The fourth-order valence-electron chi connectivity index (χ4n) is 0.640. The van der Waals surface area contributed by atoms with Crippen molar-refractivity contribution in [3.8, 4) is 0 Å². The minimum atomic E-state index is -2.89. The van der Waals surface area contributed by atoms with Gasteiger partial charge in [0.2, 0.25) is 6.49 Å². The predicted octanol–water partition coefficient (Wildman–Crippen LogP) is 5.52. The van der Waals surface area contributed by atoms with E-state index in [1.807, 2.05) is 13.8 Å². The number of halogens is 5. The van der Waals surface area contributed by atoms with Crippen LogP contribution in [0.25, 0.3) is 0 Å². The van der Waals surface area contributed by atoms with Gasteiger partial charge in [-0.3, -0.25) is 0 Å². The third-order valence-electron chi connectivity index (χ3n) is 1.69. The van der Waals surface area contributed by atoms with Gasteiger partial charge in [0, 0.05) is 10.7 Å². The van der Waals surface area contributed by atoms with Crippen molar-refractivity contribution in [2.45, 2.75) is 22.0 Å². The van der Waals surface area contributed by atoms with Crippen LogP contribution in [0, 0.1) is 0 Å². The lowest BCUT2D eigenvalue weighted by molar-refractivity contribution is 0.569. The molecule has 0 heterocycles. The van der Waals surface area contributed by atoms with Crippen LogP contribution in [-0.2, 0) is 4.57 Å². The summed E-state index contributed by atoms with van der Waals surface area (Å²) >= 11 is 19.5. The highest BCUT2D eigenvalue weighted by Gasteiger charge is 2.51. The molecular weight excluding hydrogens is 474 g/mol. The highest BCUT2D eigenvalue weighted by Crippen LogP contribution is 2.75. The van der Waals surface area contributed by atoms with Crippen LogP contribution in [0.5, 0.6) is 0 Å². The van der Waals surface area contributed by atoms with Crippen LogP contribution >= 0.6 is 81.5 Å². The van der Waals surface area contributed by atoms with E-state index in [0.717, 1.165) is 0 Å². The van der Waals surface area contributed by atoms with Gasteiger partial charge in [-0.1, -0.05) is 75.0 Å². The maximum atomic E-state index is 12.3. The van der Waals surface area contributed by atoms with Crippen LogP contribution < -0.4 is 0 Å². The molecule has 0 bridgehead atoms. The van der Waals surface area contributed by atoms with Crippen LogP contribution in [0.15, 0.2) is 0 Å². The normalized spacial score (nSPS) is 25.8. The summed E-state index contributed by atoms with van der Waals surface area (Å²) in [7, 11) is 0. The van der Waals surface area contributed by atoms with Gasteiger partial charge in [-0.25, -0.2) is 0 Å². The Hall–Kier alpha value is 2.44. The van der Waals surface area contributed by atoms with Gasteiger partial charge in [-0.05, 0) is 13.8 Å². The van der Waals surface area contributed by atoms with Gasteiger partial charge in [0.15, 0.2) is 0 Å². The van der Waals surface area contributed by atoms with Gasteiger partial charge in [-0.2, -0.15) is 0 Å². The second-order valence-electron chi connectivity index (χ2n) is 3.08. The summed E-state index contributed by atoms with van der Waals surface area (Å²) in [6.45, 7) is 0.748. The first-order chi connectivity index (χ1) is 5.62. The zero-order valence-corrected chi connectivity index (χ0v) is 15.2. The van der Waals surface area contributed by atoms with Crippen molar-refractivity contribution in [2.75, 3.05) is 10.7 Å². The molecule has 0 aromatic rings. The first kappa shape index (κ1) is 15.4. The van der Waals surface area contributed by atoms with Crippen molar-refractivity contribution >= 4 is 81.5 Å². The highest BCUT2D eigenvalue weighted by molar-refractivity contribution is 9.15. The monoisotopic (exact) mass is 480 g/mol. The van der Waals surface area contributed by atoms with E-state index in [2.05, 4.69) is 63.7 Å². The molecule has 0 aliphatic carbocycles. The first-order valence-electron chi connectivity index (χ1n) is 3.42. The van der Waals surface area contributed by atoms with Crippen LogP contribution in [0.4, 0.5) is 0 Å². The van der Waals surface area contributed by atoms with Crippen molar-refractivity contribution in [3.63, 3.8) is 0 Å². The molecule has 0 saturated heterocycles. The lowest BCUT2D eigenvalue weighted by Gasteiger charge is -2.35. The largest absolute Gasteiger partial charge is 0.304 e. The second-order valence-corrected chi connectivity index (χ2v) is 13.4. The van der Waals surface area contributed by atoms with Crippen molar-refractivity contribution in [3.05, 3.63) is 0 Å². The average molecular weight is 484 g/mol. The lowest BCUT2D eigenvalue weighted by atomic mass is 10.5. The Bertz CT molecular complexity index is 211. The Morgan fingerprint density at radius 3 is 1.54 bits per heavy atom. The molecule has 0 aromatic carbocycles. The standard InChI is InChI=1S/C6H10Br4ClOP/c1-5(9,3-7)13(11,12)6(2,10)4-8/h3-4H2,1-2H3. The van der Waals surface area contributed by atoms with Crippen LogP contribution in [-0.4, -0.2) is 18.8 Å². The molecule has 13 heavy (non-hydrogen) atoms. The van der Waals surface area contributed by atoms with E-state index in [1.54, 1.807) is 0 Å². The second kappa shape index (κ2) is 5.18. The molecule has 0 aliphatic rings. The van der Waals surface area contributed by atoms with E-state index in [4.69, 9.17) is 11.2 Å². The van der Waals surface area contributed by atoms with E-state index in [1.165, 1.54) is 0 Å². The molecular formula is C6H10Br4ClOP. The SMILES string of the molecule is CC(Br)(CBr)P(=O)(Cl)C(C)(Br)CBr. The summed E-state index contributed by atoms with van der Waals surface area (Å²) in [5, 5.41) is 1.07. The maximum absolute atomic E-state index is 12.3. The first-order valence-corrected chi connectivity index (χ1v) is 9.86. The molecule has 0 N–H and O–H groups in total. The molecule has 2 unspecified atom stereocenters. The molecule has 1 nitrogen and oxygen atoms in total. The minimum Gasteiger partial charge on any atom is -0.304 e. The van der Waals surface area contributed by atoms with E-state index < -0.39 is 14.6 Å². The summed E-state index contributed by atoms with van der Waals surface area (Å²) in [4.78, 5) is 0. The maximum Gasteiger partial charge on any atom is 0.202 e. The summed E-state index contributed by atoms with van der Waals surface area (Å²) in [6, 6.07) is 0. The predicted molar refractivity (Wildman–Crippen MR) is 75.7 cm³/mol. The summed E-state index contributed by atoms with van der Waals surface area (Å²) in [5.74, 6) is 0. The molecule has 0 aliphatic heterocycles. The van der Waals surface area contributed by atoms with Gasteiger partial charge in [-0.15, -0.1) is 0 Å². The zero-order chi connectivity index (χ0) is 10.9. The van der Waals surface area contributed by atoms with Crippen molar-refractivity contribution < 1.29 is 4.57 Å². The van der Waals surface area contributed by atoms with Crippen LogP contribution in [0.1, 0.15) is 13.8 Å². The Labute approximate surface area is 117 Å². The third kappa shape index (κ3) is 3.20. The molecule has 0 aromatic heterocycles. The third-order valence-corrected chi connectivity index (χ3v) is 16.0. The Balaban J connectivity index is 5.08. The minimum absolute atomic E-state index is 0.537. The highest BCUT2D eigenvalue weighted by atomic mass is 79.9. The fourth-order valence-corrected chi connectivity index (χ4v) is 8.33. The zero-order valence-electron chi connectivity index (χ0n) is 7.16. The smallest absolute Gasteiger partial charge is 0.202 e. The fraction of sp³-hybridized carbons (Fsp3) is 1.00. The van der Waals surface area contributed by atoms with Crippen molar-refractivity contribution in [2.24, 2.45) is 0 Å². The number of hydrogen-bond acceptors (Lipinski definition) is 1. The van der Waals surface area contributed by atoms with E-state index >= 15 is 0 Å². The quantitative estimate of drug-likeness (QED) is 0.380. The number of rotatable bonds is 4. The van der Waals surface area contributed by atoms with Crippen molar-refractivity contribution in [1.29, 1.82) is 0 Å². The van der Waals surface area contributed by atoms with E-state index in [0.29, 0.717) is 10.7 Å². The molecule has 0 amide bonds. The Kier molecular flexibility index (Phi) is 6.15. The Morgan fingerprint density at radius 2 is 1.38 bits per heavy atom. The molecule has 0 rings (SSSR count). The van der Waals surface area contributed by atoms with Crippen LogP contribution in [0.3, 0.4) is 0 Å². The van der Waals surface area contributed by atoms with Gasteiger partial charge in [0.25, 0.3) is 0 Å². The van der Waals surface area contributed by atoms with Crippen molar-refractivity contribution in [1.82, 2.24) is 0 Å². The average Bonchev–Trinajstić information content (AvgIpc) is 2.03. The molecule has 0 fully saturated rings. The Morgan fingerprint density at radius 1 is 1.15 bits per heavy atom. The molecule has 7 heteroatoms. The van der Waals surface area contributed by atoms with Gasteiger partial charge in [0.1, 0.15) is 0 Å². The number of hydrogen-bond donors (Lipinski definition) is 0. The molecule has 0 saturated carbocycles. The number of alkyl halides is 4. The molecule has 0 radical (unpaired) electrons. The lowest BCUT2D eigenvalue weighted by Crippen LogP contribution is -2.28. The topological polar surface area (TPSA) is 17.1 Å². The summed E-state index contributed by atoms with van der Waals surface area (Å²) in [5.41, 5.74) is 0. The van der Waals surface area contributed by atoms with Gasteiger partial charge >= 0.3 is 0 Å². The van der Waals surface area contributed by atoms with E-state index in [-0.39, 0.29) is 0 Å². The summed E-state index contributed by atoms with van der Waals surface area (Å²) in [6.07, 6.45) is 0. The van der Waals surface area contributed by atoms with Crippen LogP contribution in [0.2, 0.25) is 0 Å². The molecule has 2 atom stereocenters.